The van der Waals surface area contributed by atoms with Crippen LogP contribution in [-0.2, 0) is 6.61 Å². The van der Waals surface area contributed by atoms with Crippen LogP contribution in [-0.4, -0.2) is 0 Å². The second-order valence-electron chi connectivity index (χ2n) is 4.36. The fourth-order valence-electron chi connectivity index (χ4n) is 1.71. The molecule has 4 heteroatoms. The van der Waals surface area contributed by atoms with Crippen molar-refractivity contribution in [2.75, 3.05) is 0 Å². The Kier molecular flexibility index (Phi) is 4.70. The maximum atomic E-state index is 6.11. The van der Waals surface area contributed by atoms with Gasteiger partial charge in [0.1, 0.15) is 12.4 Å². The predicted octanol–water partition coefficient (Wildman–Crippen LogP) is 4.59. The first kappa shape index (κ1) is 14.2. The SMILES string of the molecule is C[C@@H](N)c1cccc(OCc2cccc(Cl)c2Cl)c1. The summed E-state index contributed by atoms with van der Waals surface area (Å²) >= 11 is 12.1. The van der Waals surface area contributed by atoms with Gasteiger partial charge in [-0.3, -0.25) is 0 Å². The van der Waals surface area contributed by atoms with Gasteiger partial charge < -0.3 is 10.5 Å². The Hall–Kier alpha value is -1.22. The molecule has 2 rings (SSSR count). The molecule has 0 heterocycles. The molecule has 19 heavy (non-hydrogen) atoms. The molecular formula is C15H15Cl2NO. The fourth-order valence-corrected chi connectivity index (χ4v) is 2.08. The molecule has 0 bridgehead atoms. The summed E-state index contributed by atoms with van der Waals surface area (Å²) in [5.41, 5.74) is 7.74. The summed E-state index contributed by atoms with van der Waals surface area (Å²) < 4.78 is 5.72. The minimum absolute atomic E-state index is 0.0155. The fraction of sp³-hybridized carbons (Fsp3) is 0.200. The summed E-state index contributed by atoms with van der Waals surface area (Å²) in [7, 11) is 0. The number of hydrogen-bond donors (Lipinski definition) is 1. The first-order valence-electron chi connectivity index (χ1n) is 5.99. The molecule has 2 aromatic rings. The smallest absolute Gasteiger partial charge is 0.120 e. The Balaban J connectivity index is 2.10. The van der Waals surface area contributed by atoms with Crippen molar-refractivity contribution in [1.29, 1.82) is 0 Å². The molecule has 100 valence electrons. The van der Waals surface area contributed by atoms with Crippen molar-refractivity contribution in [2.45, 2.75) is 19.6 Å². The molecule has 1 atom stereocenters. The van der Waals surface area contributed by atoms with E-state index in [0.717, 1.165) is 16.9 Å². The molecule has 0 saturated carbocycles. The average molecular weight is 296 g/mol. The van der Waals surface area contributed by atoms with Gasteiger partial charge in [-0.25, -0.2) is 0 Å². The molecular weight excluding hydrogens is 281 g/mol. The van der Waals surface area contributed by atoms with Crippen LogP contribution in [0.2, 0.25) is 10.0 Å². The van der Waals surface area contributed by atoms with Crippen molar-refractivity contribution < 1.29 is 4.74 Å². The van der Waals surface area contributed by atoms with Crippen LogP contribution < -0.4 is 10.5 Å². The zero-order valence-electron chi connectivity index (χ0n) is 10.6. The van der Waals surface area contributed by atoms with Crippen LogP contribution in [0.15, 0.2) is 42.5 Å². The molecule has 0 aliphatic carbocycles. The van der Waals surface area contributed by atoms with Crippen LogP contribution in [0.1, 0.15) is 24.1 Å². The number of ether oxygens (including phenoxy) is 1. The molecule has 0 aliphatic heterocycles. The van der Waals surface area contributed by atoms with E-state index in [1.165, 1.54) is 0 Å². The lowest BCUT2D eigenvalue weighted by atomic mass is 10.1. The highest BCUT2D eigenvalue weighted by atomic mass is 35.5. The topological polar surface area (TPSA) is 35.2 Å². The highest BCUT2D eigenvalue weighted by Gasteiger charge is 2.06. The van der Waals surface area contributed by atoms with Crippen molar-refractivity contribution in [1.82, 2.24) is 0 Å². The lowest BCUT2D eigenvalue weighted by Gasteiger charge is -2.11. The van der Waals surface area contributed by atoms with Gasteiger partial charge in [-0.15, -0.1) is 0 Å². The lowest BCUT2D eigenvalue weighted by molar-refractivity contribution is 0.306. The molecule has 2 N–H and O–H groups in total. The molecule has 0 unspecified atom stereocenters. The molecule has 2 nitrogen and oxygen atoms in total. The third kappa shape index (κ3) is 3.63. The van der Waals surface area contributed by atoms with Gasteiger partial charge in [0.05, 0.1) is 10.0 Å². The number of benzene rings is 2. The summed E-state index contributed by atoms with van der Waals surface area (Å²) in [6.07, 6.45) is 0. The Morgan fingerprint density at radius 2 is 1.89 bits per heavy atom. The standard InChI is InChI=1S/C15H15Cl2NO/c1-10(18)11-4-2-6-13(8-11)19-9-12-5-3-7-14(16)15(12)17/h2-8,10H,9,18H2,1H3/t10-/m1/s1. The molecule has 0 radical (unpaired) electrons. The van der Waals surface area contributed by atoms with Gasteiger partial charge in [0.25, 0.3) is 0 Å². The third-order valence-corrected chi connectivity index (χ3v) is 3.67. The van der Waals surface area contributed by atoms with Gasteiger partial charge >= 0.3 is 0 Å². The van der Waals surface area contributed by atoms with Crippen LogP contribution in [0, 0.1) is 0 Å². The van der Waals surface area contributed by atoms with Gasteiger partial charge in [0.15, 0.2) is 0 Å². The van der Waals surface area contributed by atoms with E-state index < -0.39 is 0 Å². The Labute approximate surface area is 123 Å². The summed E-state index contributed by atoms with van der Waals surface area (Å²) in [5.74, 6) is 0.769. The number of hydrogen-bond acceptors (Lipinski definition) is 2. The van der Waals surface area contributed by atoms with Crippen LogP contribution in [0.25, 0.3) is 0 Å². The van der Waals surface area contributed by atoms with E-state index in [0.29, 0.717) is 16.7 Å². The van der Waals surface area contributed by atoms with Crippen LogP contribution in [0.4, 0.5) is 0 Å². The minimum Gasteiger partial charge on any atom is -0.489 e. The molecule has 0 fully saturated rings. The van der Waals surface area contributed by atoms with Gasteiger partial charge in [-0.1, -0.05) is 47.5 Å². The second kappa shape index (κ2) is 6.29. The molecule has 2 aromatic carbocycles. The lowest BCUT2D eigenvalue weighted by Crippen LogP contribution is -2.05. The van der Waals surface area contributed by atoms with Gasteiger partial charge in [0, 0.05) is 11.6 Å². The third-order valence-electron chi connectivity index (χ3n) is 2.81. The summed E-state index contributed by atoms with van der Waals surface area (Å²) in [6.45, 7) is 2.31. The second-order valence-corrected chi connectivity index (χ2v) is 5.15. The first-order valence-corrected chi connectivity index (χ1v) is 6.74. The average Bonchev–Trinajstić information content (AvgIpc) is 2.41. The molecule has 0 aliphatic rings. The normalized spacial score (nSPS) is 12.2. The molecule has 0 saturated heterocycles. The summed E-state index contributed by atoms with van der Waals surface area (Å²) in [6, 6.07) is 13.2. The predicted molar refractivity (Wildman–Crippen MR) is 79.8 cm³/mol. The van der Waals surface area contributed by atoms with Gasteiger partial charge in [0.2, 0.25) is 0 Å². The summed E-state index contributed by atoms with van der Waals surface area (Å²) in [5, 5.41) is 1.07. The number of halogens is 2. The quantitative estimate of drug-likeness (QED) is 0.895. The van der Waals surface area contributed by atoms with Crippen molar-refractivity contribution in [2.24, 2.45) is 5.73 Å². The van der Waals surface area contributed by atoms with E-state index in [1.807, 2.05) is 43.3 Å². The van der Waals surface area contributed by atoms with Gasteiger partial charge in [-0.2, -0.15) is 0 Å². The number of nitrogens with two attached hydrogens (primary N) is 1. The first-order chi connectivity index (χ1) is 9.08. The van der Waals surface area contributed by atoms with Gasteiger partial charge in [-0.05, 0) is 30.7 Å². The Morgan fingerprint density at radius 3 is 2.63 bits per heavy atom. The molecule has 0 spiro atoms. The molecule has 0 aromatic heterocycles. The van der Waals surface area contributed by atoms with Crippen molar-refractivity contribution in [3.05, 3.63) is 63.6 Å². The van der Waals surface area contributed by atoms with Crippen molar-refractivity contribution in [3.63, 3.8) is 0 Å². The molecule has 0 amide bonds. The monoisotopic (exact) mass is 295 g/mol. The van der Waals surface area contributed by atoms with Crippen molar-refractivity contribution in [3.8, 4) is 5.75 Å². The minimum atomic E-state index is -0.0155. The maximum Gasteiger partial charge on any atom is 0.120 e. The highest BCUT2D eigenvalue weighted by Crippen LogP contribution is 2.27. The van der Waals surface area contributed by atoms with E-state index in [2.05, 4.69) is 0 Å². The van der Waals surface area contributed by atoms with Crippen LogP contribution in [0.3, 0.4) is 0 Å². The van der Waals surface area contributed by atoms with Crippen LogP contribution >= 0.6 is 23.2 Å². The van der Waals surface area contributed by atoms with E-state index in [4.69, 9.17) is 33.7 Å². The van der Waals surface area contributed by atoms with E-state index in [9.17, 15) is 0 Å². The zero-order valence-corrected chi connectivity index (χ0v) is 12.1. The largest absolute Gasteiger partial charge is 0.489 e. The van der Waals surface area contributed by atoms with E-state index in [1.54, 1.807) is 6.07 Å². The number of rotatable bonds is 4. The summed E-state index contributed by atoms with van der Waals surface area (Å²) in [4.78, 5) is 0. The van der Waals surface area contributed by atoms with Crippen LogP contribution in [0.5, 0.6) is 5.75 Å². The van der Waals surface area contributed by atoms with E-state index >= 15 is 0 Å². The maximum absolute atomic E-state index is 6.11. The Bertz CT molecular complexity index is 570. The van der Waals surface area contributed by atoms with Crippen molar-refractivity contribution >= 4 is 23.2 Å². The Morgan fingerprint density at radius 1 is 1.16 bits per heavy atom. The van der Waals surface area contributed by atoms with E-state index in [-0.39, 0.29) is 6.04 Å². The highest BCUT2D eigenvalue weighted by molar-refractivity contribution is 6.42. The zero-order chi connectivity index (χ0) is 13.8.